The van der Waals surface area contributed by atoms with Gasteiger partial charge in [-0.2, -0.15) is 0 Å². The smallest absolute Gasteiger partial charge is 0.187 e. The van der Waals surface area contributed by atoms with Crippen LogP contribution in [-0.4, -0.2) is 19.2 Å². The van der Waals surface area contributed by atoms with Crippen LogP contribution >= 0.6 is 22.9 Å². The van der Waals surface area contributed by atoms with E-state index in [9.17, 15) is 0 Å². The maximum atomic E-state index is 6.03. The van der Waals surface area contributed by atoms with E-state index in [4.69, 9.17) is 21.1 Å². The molecular weight excluding hydrogens is 332 g/mol. The van der Waals surface area contributed by atoms with Crippen molar-refractivity contribution in [1.29, 1.82) is 0 Å². The highest BCUT2D eigenvalue weighted by molar-refractivity contribution is 7.14. The zero-order valence-corrected chi connectivity index (χ0v) is 14.2. The first-order valence-electron chi connectivity index (χ1n) is 6.90. The van der Waals surface area contributed by atoms with Gasteiger partial charge in [0.05, 0.1) is 25.6 Å². The van der Waals surface area contributed by atoms with Crippen LogP contribution in [0.1, 0.15) is 0 Å². The summed E-state index contributed by atoms with van der Waals surface area (Å²) in [4.78, 5) is 4.60. The van der Waals surface area contributed by atoms with Crippen molar-refractivity contribution in [3.05, 3.63) is 52.9 Å². The number of rotatable bonds is 5. The van der Waals surface area contributed by atoms with Crippen molar-refractivity contribution in [2.75, 3.05) is 19.5 Å². The number of nitrogens with zero attached hydrogens (tertiary/aromatic N) is 1. The van der Waals surface area contributed by atoms with Crippen LogP contribution < -0.4 is 14.8 Å². The maximum Gasteiger partial charge on any atom is 0.187 e. The molecule has 3 aromatic rings. The molecule has 0 aliphatic rings. The number of hydrogen-bond acceptors (Lipinski definition) is 5. The van der Waals surface area contributed by atoms with E-state index in [1.807, 2.05) is 47.8 Å². The lowest BCUT2D eigenvalue weighted by Gasteiger charge is -2.10. The number of aromatic nitrogens is 1. The van der Waals surface area contributed by atoms with E-state index in [0.29, 0.717) is 5.02 Å². The average molecular weight is 347 g/mol. The molecular formula is C17H15ClN2O2S. The monoisotopic (exact) mass is 346 g/mol. The fourth-order valence-corrected chi connectivity index (χ4v) is 3.06. The molecule has 0 saturated carbocycles. The third-order valence-corrected chi connectivity index (χ3v) is 4.27. The Kier molecular flexibility index (Phi) is 4.69. The number of thiazole rings is 1. The van der Waals surface area contributed by atoms with Gasteiger partial charge in [0.2, 0.25) is 0 Å². The first-order chi connectivity index (χ1) is 11.2. The first kappa shape index (κ1) is 15.6. The van der Waals surface area contributed by atoms with Gasteiger partial charge in [-0.25, -0.2) is 4.98 Å². The molecule has 1 heterocycles. The van der Waals surface area contributed by atoms with Crippen molar-refractivity contribution in [1.82, 2.24) is 4.98 Å². The summed E-state index contributed by atoms with van der Waals surface area (Å²) in [5.41, 5.74) is 2.67. The molecule has 1 aromatic heterocycles. The van der Waals surface area contributed by atoms with Gasteiger partial charge in [-0.1, -0.05) is 23.7 Å². The molecule has 0 spiro atoms. The van der Waals surface area contributed by atoms with E-state index in [-0.39, 0.29) is 0 Å². The van der Waals surface area contributed by atoms with E-state index < -0.39 is 0 Å². The molecule has 0 radical (unpaired) electrons. The summed E-state index contributed by atoms with van der Waals surface area (Å²) in [7, 11) is 3.26. The summed E-state index contributed by atoms with van der Waals surface area (Å²) < 4.78 is 10.6. The highest BCUT2D eigenvalue weighted by Gasteiger charge is 2.09. The van der Waals surface area contributed by atoms with Crippen LogP contribution in [0.2, 0.25) is 5.02 Å². The second-order valence-corrected chi connectivity index (χ2v) is 6.03. The predicted octanol–water partition coefficient (Wildman–Crippen LogP) is 5.22. The average Bonchev–Trinajstić information content (AvgIpc) is 3.03. The zero-order chi connectivity index (χ0) is 16.2. The topological polar surface area (TPSA) is 43.4 Å². The van der Waals surface area contributed by atoms with Gasteiger partial charge in [-0.05, 0) is 24.3 Å². The number of hydrogen-bond donors (Lipinski definition) is 1. The Bertz CT molecular complexity index is 820. The first-order valence-corrected chi connectivity index (χ1v) is 8.16. The van der Waals surface area contributed by atoms with Gasteiger partial charge in [0.25, 0.3) is 0 Å². The molecule has 6 heteroatoms. The number of nitrogens with one attached hydrogen (secondary N) is 1. The van der Waals surface area contributed by atoms with Gasteiger partial charge in [0.15, 0.2) is 5.13 Å². The van der Waals surface area contributed by atoms with E-state index in [2.05, 4.69) is 10.3 Å². The normalized spacial score (nSPS) is 10.4. The number of benzene rings is 2. The van der Waals surface area contributed by atoms with Crippen molar-refractivity contribution in [2.24, 2.45) is 0 Å². The summed E-state index contributed by atoms with van der Waals surface area (Å²) in [6.45, 7) is 0. The molecule has 1 N–H and O–H groups in total. The van der Waals surface area contributed by atoms with Gasteiger partial charge in [0.1, 0.15) is 11.5 Å². The SMILES string of the molecule is COc1ccc(OC)c(Nc2nc(-c3cccc(Cl)c3)cs2)c1. The maximum absolute atomic E-state index is 6.03. The van der Waals surface area contributed by atoms with Crippen LogP contribution in [0.4, 0.5) is 10.8 Å². The molecule has 0 atom stereocenters. The summed E-state index contributed by atoms with van der Waals surface area (Å²) in [6, 6.07) is 13.2. The predicted molar refractivity (Wildman–Crippen MR) is 95.4 cm³/mol. The Labute approximate surface area is 143 Å². The highest BCUT2D eigenvalue weighted by atomic mass is 35.5. The molecule has 23 heavy (non-hydrogen) atoms. The van der Waals surface area contributed by atoms with Gasteiger partial charge >= 0.3 is 0 Å². The molecule has 2 aromatic carbocycles. The second kappa shape index (κ2) is 6.89. The molecule has 118 valence electrons. The molecule has 0 aliphatic carbocycles. The Balaban J connectivity index is 1.87. The standard InChI is InChI=1S/C17H15ClN2O2S/c1-21-13-6-7-16(22-2)14(9-13)19-17-20-15(10-23-17)11-4-3-5-12(18)8-11/h3-10H,1-2H3,(H,19,20). The van der Waals surface area contributed by atoms with E-state index in [0.717, 1.165) is 33.6 Å². The summed E-state index contributed by atoms with van der Waals surface area (Å²) in [5.74, 6) is 1.48. The van der Waals surface area contributed by atoms with E-state index >= 15 is 0 Å². The Morgan fingerprint density at radius 3 is 2.70 bits per heavy atom. The van der Waals surface area contributed by atoms with Crippen LogP contribution in [0.5, 0.6) is 11.5 Å². The van der Waals surface area contributed by atoms with Crippen LogP contribution in [0.25, 0.3) is 11.3 Å². The zero-order valence-electron chi connectivity index (χ0n) is 12.7. The van der Waals surface area contributed by atoms with Crippen LogP contribution in [0, 0.1) is 0 Å². The lowest BCUT2D eigenvalue weighted by molar-refractivity contribution is 0.405. The molecule has 0 saturated heterocycles. The summed E-state index contributed by atoms with van der Waals surface area (Å²) in [6.07, 6.45) is 0. The number of ether oxygens (including phenoxy) is 2. The number of halogens is 1. The number of anilines is 2. The van der Waals surface area contributed by atoms with Crippen molar-refractivity contribution in [3.8, 4) is 22.8 Å². The van der Waals surface area contributed by atoms with E-state index in [1.165, 1.54) is 11.3 Å². The fraction of sp³-hybridized carbons (Fsp3) is 0.118. The van der Waals surface area contributed by atoms with Gasteiger partial charge in [0, 0.05) is 22.0 Å². The van der Waals surface area contributed by atoms with Gasteiger partial charge < -0.3 is 14.8 Å². The van der Waals surface area contributed by atoms with Crippen LogP contribution in [0.15, 0.2) is 47.8 Å². The van der Waals surface area contributed by atoms with Crippen LogP contribution in [-0.2, 0) is 0 Å². The molecule has 0 bridgehead atoms. The second-order valence-electron chi connectivity index (χ2n) is 4.74. The lowest BCUT2D eigenvalue weighted by atomic mass is 10.2. The largest absolute Gasteiger partial charge is 0.497 e. The molecule has 0 aliphatic heterocycles. The van der Waals surface area contributed by atoms with Crippen molar-refractivity contribution in [2.45, 2.75) is 0 Å². The lowest BCUT2D eigenvalue weighted by Crippen LogP contribution is -1.95. The number of methoxy groups -OCH3 is 2. The minimum absolute atomic E-state index is 0.694. The minimum Gasteiger partial charge on any atom is -0.497 e. The van der Waals surface area contributed by atoms with Gasteiger partial charge in [-0.3, -0.25) is 0 Å². The summed E-state index contributed by atoms with van der Waals surface area (Å²) >= 11 is 7.55. The molecule has 0 unspecified atom stereocenters. The van der Waals surface area contributed by atoms with Crippen LogP contribution in [0.3, 0.4) is 0 Å². The van der Waals surface area contributed by atoms with Crippen molar-refractivity contribution < 1.29 is 9.47 Å². The summed E-state index contributed by atoms with van der Waals surface area (Å²) in [5, 5.41) is 6.72. The van der Waals surface area contributed by atoms with Gasteiger partial charge in [-0.15, -0.1) is 11.3 Å². The van der Waals surface area contributed by atoms with Crippen molar-refractivity contribution >= 4 is 33.8 Å². The molecule has 0 amide bonds. The third kappa shape index (κ3) is 3.57. The fourth-order valence-electron chi connectivity index (χ4n) is 2.14. The minimum atomic E-state index is 0.694. The molecule has 4 nitrogen and oxygen atoms in total. The Morgan fingerprint density at radius 2 is 1.96 bits per heavy atom. The molecule has 3 rings (SSSR count). The van der Waals surface area contributed by atoms with E-state index in [1.54, 1.807) is 14.2 Å². The highest BCUT2D eigenvalue weighted by Crippen LogP contribution is 2.34. The quantitative estimate of drug-likeness (QED) is 0.687. The van der Waals surface area contributed by atoms with Crippen molar-refractivity contribution in [3.63, 3.8) is 0 Å². The molecule has 0 fully saturated rings. The Hall–Kier alpha value is -2.24. The Morgan fingerprint density at radius 1 is 1.09 bits per heavy atom. The third-order valence-electron chi connectivity index (χ3n) is 3.27.